The summed E-state index contributed by atoms with van der Waals surface area (Å²) < 4.78 is 33.8. The Kier molecular flexibility index (Phi) is 6.69. The van der Waals surface area contributed by atoms with E-state index in [1.165, 1.54) is 30.3 Å². The molecule has 8 heteroatoms. The molecule has 4 aromatic rings. The van der Waals surface area contributed by atoms with E-state index < -0.39 is 17.4 Å². The highest BCUT2D eigenvalue weighted by atomic mass is 19.1. The number of carbonyl (C=O) groups is 1. The van der Waals surface area contributed by atoms with Gasteiger partial charge in [0, 0.05) is 29.8 Å². The van der Waals surface area contributed by atoms with E-state index in [1.54, 1.807) is 29.2 Å². The predicted octanol–water partition coefficient (Wildman–Crippen LogP) is 5.24. The number of amides is 1. The fourth-order valence-corrected chi connectivity index (χ4v) is 5.04. The standard InChI is InChI=1S/C28H27F2N3O3/c1-2-25(23-4-3-13-31-23)33(27(34)17-5-9-21(29)10-6-17)16-20-14-18(7-11-22(20)30)19-8-12-24-26(15-19)36-28(35)32-24/h5-12,14-15,23,25,31H,2-4,13,16H2,1H3,(H,32,35). The van der Waals surface area contributed by atoms with E-state index in [0.29, 0.717) is 28.6 Å². The number of halogens is 2. The number of aromatic nitrogens is 1. The van der Waals surface area contributed by atoms with Crippen LogP contribution in [0.5, 0.6) is 0 Å². The lowest BCUT2D eigenvalue weighted by molar-refractivity contribution is 0.0611. The SMILES string of the molecule is CCC(C1CCCN1)N(Cc1cc(-c2ccc3[nH]c(=O)oc3c2)ccc1F)C(=O)c1ccc(F)cc1. The normalized spacial score (nSPS) is 16.4. The molecule has 2 unspecified atom stereocenters. The molecule has 1 saturated heterocycles. The molecule has 3 aromatic carbocycles. The van der Waals surface area contributed by atoms with Crippen LogP contribution in [0.25, 0.3) is 22.2 Å². The van der Waals surface area contributed by atoms with Gasteiger partial charge in [0.05, 0.1) is 5.52 Å². The maximum absolute atomic E-state index is 15.1. The summed E-state index contributed by atoms with van der Waals surface area (Å²) in [5.41, 5.74) is 3.21. The molecule has 1 fully saturated rings. The monoisotopic (exact) mass is 491 g/mol. The first-order chi connectivity index (χ1) is 17.4. The Balaban J connectivity index is 1.51. The maximum atomic E-state index is 15.1. The van der Waals surface area contributed by atoms with Gasteiger partial charge in [0.2, 0.25) is 0 Å². The Labute approximate surface area is 206 Å². The topological polar surface area (TPSA) is 78.3 Å². The van der Waals surface area contributed by atoms with Gasteiger partial charge >= 0.3 is 5.76 Å². The third-order valence-corrected chi connectivity index (χ3v) is 6.87. The van der Waals surface area contributed by atoms with Crippen molar-refractivity contribution in [2.45, 2.75) is 44.8 Å². The van der Waals surface area contributed by atoms with Crippen LogP contribution in [0.3, 0.4) is 0 Å². The molecule has 0 aliphatic carbocycles. The number of rotatable bonds is 7. The number of H-pyrrole nitrogens is 1. The summed E-state index contributed by atoms with van der Waals surface area (Å²) in [6, 6.07) is 15.5. The summed E-state index contributed by atoms with van der Waals surface area (Å²) in [5.74, 6) is -1.64. The largest absolute Gasteiger partial charge is 0.417 e. The second kappa shape index (κ2) is 10.1. The molecular formula is C28H27F2N3O3. The number of aromatic amines is 1. The molecule has 0 bridgehead atoms. The first kappa shape index (κ1) is 23.9. The van der Waals surface area contributed by atoms with Crippen LogP contribution in [0, 0.1) is 11.6 Å². The summed E-state index contributed by atoms with van der Waals surface area (Å²) >= 11 is 0. The van der Waals surface area contributed by atoms with Gasteiger partial charge in [-0.3, -0.25) is 9.78 Å². The van der Waals surface area contributed by atoms with Gasteiger partial charge in [-0.1, -0.05) is 19.1 Å². The van der Waals surface area contributed by atoms with Crippen LogP contribution in [0.4, 0.5) is 8.78 Å². The number of carbonyl (C=O) groups excluding carboxylic acids is 1. The lowest BCUT2D eigenvalue weighted by Crippen LogP contribution is -2.49. The summed E-state index contributed by atoms with van der Waals surface area (Å²) in [6.07, 6.45) is 2.63. The minimum Gasteiger partial charge on any atom is -0.408 e. The second-order valence-corrected chi connectivity index (χ2v) is 9.15. The van der Waals surface area contributed by atoms with Crippen molar-refractivity contribution >= 4 is 17.0 Å². The van der Waals surface area contributed by atoms with Gasteiger partial charge in [-0.25, -0.2) is 13.6 Å². The van der Waals surface area contributed by atoms with Crippen molar-refractivity contribution in [2.24, 2.45) is 0 Å². The highest BCUT2D eigenvalue weighted by Crippen LogP contribution is 2.28. The van der Waals surface area contributed by atoms with Crippen molar-refractivity contribution in [3.63, 3.8) is 0 Å². The smallest absolute Gasteiger partial charge is 0.408 e. The quantitative estimate of drug-likeness (QED) is 0.371. The van der Waals surface area contributed by atoms with E-state index in [-0.39, 0.29) is 24.5 Å². The average molecular weight is 492 g/mol. The van der Waals surface area contributed by atoms with Gasteiger partial charge in [0.15, 0.2) is 5.58 Å². The Morgan fingerprint density at radius 1 is 1.08 bits per heavy atom. The van der Waals surface area contributed by atoms with Crippen molar-refractivity contribution in [3.8, 4) is 11.1 Å². The van der Waals surface area contributed by atoms with Crippen molar-refractivity contribution in [3.05, 3.63) is 94.0 Å². The first-order valence-electron chi connectivity index (χ1n) is 12.1. The summed E-state index contributed by atoms with van der Waals surface area (Å²) in [4.78, 5) is 29.5. The number of benzene rings is 3. The molecule has 2 N–H and O–H groups in total. The lowest BCUT2D eigenvalue weighted by Gasteiger charge is -2.35. The predicted molar refractivity (Wildman–Crippen MR) is 134 cm³/mol. The van der Waals surface area contributed by atoms with Crippen LogP contribution in [0.2, 0.25) is 0 Å². The Hall–Kier alpha value is -3.78. The molecule has 186 valence electrons. The van der Waals surface area contributed by atoms with Crippen LogP contribution < -0.4 is 11.1 Å². The molecule has 0 radical (unpaired) electrons. The van der Waals surface area contributed by atoms with E-state index in [4.69, 9.17) is 4.42 Å². The molecule has 2 atom stereocenters. The summed E-state index contributed by atoms with van der Waals surface area (Å²) in [5, 5.41) is 3.47. The van der Waals surface area contributed by atoms with Crippen molar-refractivity contribution in [1.29, 1.82) is 0 Å². The molecule has 0 spiro atoms. The molecular weight excluding hydrogens is 464 g/mol. The fraction of sp³-hybridized carbons (Fsp3) is 0.286. The number of oxazole rings is 1. The highest BCUT2D eigenvalue weighted by Gasteiger charge is 2.32. The molecule has 1 aliphatic heterocycles. The van der Waals surface area contributed by atoms with Crippen molar-refractivity contribution in [2.75, 3.05) is 6.54 Å². The molecule has 36 heavy (non-hydrogen) atoms. The van der Waals surface area contributed by atoms with Gasteiger partial charge < -0.3 is 14.6 Å². The second-order valence-electron chi connectivity index (χ2n) is 9.15. The van der Waals surface area contributed by atoms with Crippen LogP contribution in [-0.4, -0.2) is 34.4 Å². The van der Waals surface area contributed by atoms with Crippen molar-refractivity contribution < 1.29 is 18.0 Å². The van der Waals surface area contributed by atoms with E-state index >= 15 is 4.39 Å². The zero-order chi connectivity index (χ0) is 25.2. The van der Waals surface area contributed by atoms with E-state index in [2.05, 4.69) is 10.3 Å². The fourth-order valence-electron chi connectivity index (χ4n) is 5.04. The third kappa shape index (κ3) is 4.81. The van der Waals surface area contributed by atoms with E-state index in [9.17, 15) is 14.0 Å². The Morgan fingerprint density at radius 3 is 2.56 bits per heavy atom. The summed E-state index contributed by atoms with van der Waals surface area (Å²) in [6.45, 7) is 2.96. The van der Waals surface area contributed by atoms with Crippen LogP contribution in [0.15, 0.2) is 69.9 Å². The van der Waals surface area contributed by atoms with Gasteiger partial charge in [-0.15, -0.1) is 0 Å². The molecule has 2 heterocycles. The van der Waals surface area contributed by atoms with E-state index in [1.807, 2.05) is 13.0 Å². The number of nitrogens with zero attached hydrogens (tertiary/aromatic N) is 1. The number of fused-ring (bicyclic) bond motifs is 1. The minimum absolute atomic E-state index is 0.0635. The first-order valence-corrected chi connectivity index (χ1v) is 12.1. The van der Waals surface area contributed by atoms with Gasteiger partial charge in [-0.05, 0) is 85.5 Å². The summed E-state index contributed by atoms with van der Waals surface area (Å²) in [7, 11) is 0. The molecule has 1 aliphatic rings. The molecule has 6 nitrogen and oxygen atoms in total. The molecule has 0 saturated carbocycles. The van der Waals surface area contributed by atoms with Gasteiger partial charge in [0.25, 0.3) is 5.91 Å². The van der Waals surface area contributed by atoms with Gasteiger partial charge in [-0.2, -0.15) is 0 Å². The maximum Gasteiger partial charge on any atom is 0.417 e. The van der Waals surface area contributed by atoms with Crippen LogP contribution >= 0.6 is 0 Å². The molecule has 5 rings (SSSR count). The minimum atomic E-state index is -0.539. The average Bonchev–Trinajstić information content (AvgIpc) is 3.54. The number of nitrogens with one attached hydrogen (secondary N) is 2. The third-order valence-electron chi connectivity index (χ3n) is 6.87. The number of hydrogen-bond acceptors (Lipinski definition) is 4. The van der Waals surface area contributed by atoms with Crippen LogP contribution in [-0.2, 0) is 6.54 Å². The van der Waals surface area contributed by atoms with E-state index in [0.717, 1.165) is 30.5 Å². The van der Waals surface area contributed by atoms with Gasteiger partial charge in [0.1, 0.15) is 11.6 Å². The Morgan fingerprint density at radius 2 is 1.83 bits per heavy atom. The van der Waals surface area contributed by atoms with Crippen molar-refractivity contribution in [1.82, 2.24) is 15.2 Å². The highest BCUT2D eigenvalue weighted by molar-refractivity contribution is 5.94. The van der Waals surface area contributed by atoms with Crippen LogP contribution in [0.1, 0.15) is 42.1 Å². The zero-order valence-corrected chi connectivity index (χ0v) is 19.9. The lowest BCUT2D eigenvalue weighted by atomic mass is 9.98. The Bertz CT molecular complexity index is 1440. The zero-order valence-electron chi connectivity index (χ0n) is 19.9. The molecule has 1 amide bonds. The molecule has 1 aromatic heterocycles. The number of hydrogen-bond donors (Lipinski definition) is 2.